The van der Waals surface area contributed by atoms with Crippen molar-refractivity contribution >= 4 is 11.6 Å². The molecule has 1 aromatic rings. The van der Waals surface area contributed by atoms with Crippen LogP contribution in [0.5, 0.6) is 11.5 Å². The van der Waals surface area contributed by atoms with Gasteiger partial charge in [0, 0.05) is 17.0 Å². The summed E-state index contributed by atoms with van der Waals surface area (Å²) in [5, 5.41) is 9.53. The van der Waals surface area contributed by atoms with Crippen molar-refractivity contribution in [3.63, 3.8) is 0 Å². The molecule has 1 unspecified atom stereocenters. The SMILES string of the molecule is COc1ccc(OC)c2c1CC1=CCCC(Cl)(C#N)[C@@H]12. The molecule has 0 saturated carbocycles. The molecule has 20 heavy (non-hydrogen) atoms. The summed E-state index contributed by atoms with van der Waals surface area (Å²) in [6, 6.07) is 6.12. The Hall–Kier alpha value is -1.66. The van der Waals surface area contributed by atoms with Crippen LogP contribution in [-0.4, -0.2) is 19.1 Å². The summed E-state index contributed by atoms with van der Waals surface area (Å²) in [6.45, 7) is 0. The Kier molecular flexibility index (Phi) is 3.14. The molecule has 2 atom stereocenters. The molecule has 0 spiro atoms. The summed E-state index contributed by atoms with van der Waals surface area (Å²) in [6.07, 6.45) is 4.51. The second-order valence-electron chi connectivity index (χ2n) is 5.26. The number of nitriles is 1. The van der Waals surface area contributed by atoms with Crippen molar-refractivity contribution in [1.29, 1.82) is 5.26 Å². The number of methoxy groups -OCH3 is 2. The predicted molar refractivity (Wildman–Crippen MR) is 77.5 cm³/mol. The minimum absolute atomic E-state index is 0.0945. The molecule has 0 aromatic heterocycles. The molecule has 0 heterocycles. The van der Waals surface area contributed by atoms with Crippen LogP contribution in [0.4, 0.5) is 0 Å². The molecule has 4 heteroatoms. The quantitative estimate of drug-likeness (QED) is 0.617. The monoisotopic (exact) mass is 289 g/mol. The van der Waals surface area contributed by atoms with Crippen molar-refractivity contribution in [2.45, 2.75) is 30.1 Å². The number of rotatable bonds is 2. The number of ether oxygens (including phenoxy) is 2. The van der Waals surface area contributed by atoms with E-state index in [0.29, 0.717) is 6.42 Å². The lowest BCUT2D eigenvalue weighted by Crippen LogP contribution is -2.31. The third-order valence-corrected chi connectivity index (χ3v) is 4.80. The molecule has 0 fully saturated rings. The van der Waals surface area contributed by atoms with Crippen molar-refractivity contribution < 1.29 is 9.47 Å². The lowest BCUT2D eigenvalue weighted by molar-refractivity contribution is 0.393. The van der Waals surface area contributed by atoms with Crippen molar-refractivity contribution in [1.82, 2.24) is 0 Å². The van der Waals surface area contributed by atoms with Crippen LogP contribution in [0.1, 0.15) is 29.9 Å². The molecular formula is C16H16ClNO2. The third-order valence-electron chi connectivity index (χ3n) is 4.31. The largest absolute Gasteiger partial charge is 0.496 e. The van der Waals surface area contributed by atoms with Gasteiger partial charge in [0.05, 0.1) is 20.3 Å². The van der Waals surface area contributed by atoms with Gasteiger partial charge in [-0.05, 0) is 31.4 Å². The molecule has 3 rings (SSSR count). The maximum atomic E-state index is 9.53. The lowest BCUT2D eigenvalue weighted by Gasteiger charge is -2.32. The zero-order valence-corrected chi connectivity index (χ0v) is 12.3. The first-order valence-corrected chi connectivity index (χ1v) is 7.05. The number of nitrogens with zero attached hydrogens (tertiary/aromatic N) is 1. The average molecular weight is 290 g/mol. The summed E-state index contributed by atoms with van der Waals surface area (Å²) in [7, 11) is 3.31. The Labute approximate surface area is 123 Å². The van der Waals surface area contributed by atoms with E-state index in [0.717, 1.165) is 35.5 Å². The molecule has 2 aliphatic carbocycles. The van der Waals surface area contributed by atoms with Gasteiger partial charge in [0.15, 0.2) is 0 Å². The first kappa shape index (κ1) is 13.3. The standard InChI is InChI=1S/C16H16ClNO2/c1-19-12-5-6-13(20-2)14-11(12)8-10-4-3-7-16(17,9-18)15(10)14/h4-6,15H,3,7-8H2,1-2H3/t15-,16?/m0/s1. The van der Waals surface area contributed by atoms with Gasteiger partial charge in [0.1, 0.15) is 16.4 Å². The predicted octanol–water partition coefficient (Wildman–Crippen LogP) is 3.56. The lowest BCUT2D eigenvalue weighted by atomic mass is 9.77. The fourth-order valence-electron chi connectivity index (χ4n) is 3.43. The highest BCUT2D eigenvalue weighted by molar-refractivity contribution is 6.27. The number of halogens is 1. The number of hydrogen-bond acceptors (Lipinski definition) is 3. The van der Waals surface area contributed by atoms with Gasteiger partial charge in [-0.2, -0.15) is 5.26 Å². The summed E-state index contributed by atoms with van der Waals surface area (Å²) < 4.78 is 10.9. The van der Waals surface area contributed by atoms with Crippen LogP contribution < -0.4 is 9.47 Å². The number of hydrogen-bond donors (Lipinski definition) is 0. The number of benzene rings is 1. The molecule has 3 nitrogen and oxygen atoms in total. The summed E-state index contributed by atoms with van der Waals surface area (Å²) in [5.41, 5.74) is 3.34. The highest BCUT2D eigenvalue weighted by atomic mass is 35.5. The Balaban J connectivity index is 2.25. The highest BCUT2D eigenvalue weighted by Gasteiger charge is 2.48. The molecule has 104 valence electrons. The van der Waals surface area contributed by atoms with Crippen LogP contribution in [-0.2, 0) is 6.42 Å². The molecule has 0 bridgehead atoms. The van der Waals surface area contributed by atoms with Gasteiger partial charge >= 0.3 is 0 Å². The Morgan fingerprint density at radius 2 is 2.00 bits per heavy atom. The molecule has 1 aromatic carbocycles. The molecular weight excluding hydrogens is 274 g/mol. The number of allylic oxidation sites excluding steroid dienone is 2. The van der Waals surface area contributed by atoms with E-state index in [1.54, 1.807) is 14.2 Å². The molecule has 0 radical (unpaired) electrons. The van der Waals surface area contributed by atoms with Crippen molar-refractivity contribution in [2.75, 3.05) is 14.2 Å². The molecule has 0 saturated heterocycles. The maximum absolute atomic E-state index is 9.53. The van der Waals surface area contributed by atoms with Gasteiger partial charge in [-0.15, -0.1) is 11.6 Å². The average Bonchev–Trinajstić information content (AvgIpc) is 2.87. The molecule has 0 N–H and O–H groups in total. The molecule has 2 aliphatic rings. The first-order valence-electron chi connectivity index (χ1n) is 6.67. The third kappa shape index (κ3) is 1.72. The second kappa shape index (κ2) is 4.71. The van der Waals surface area contributed by atoms with Crippen molar-refractivity contribution in [3.05, 3.63) is 34.9 Å². The fourth-order valence-corrected chi connectivity index (χ4v) is 3.79. The van der Waals surface area contributed by atoms with Crippen LogP contribution in [0.3, 0.4) is 0 Å². The topological polar surface area (TPSA) is 42.2 Å². The van der Waals surface area contributed by atoms with E-state index in [-0.39, 0.29) is 5.92 Å². The van der Waals surface area contributed by atoms with E-state index >= 15 is 0 Å². The number of alkyl halides is 1. The minimum Gasteiger partial charge on any atom is -0.496 e. The van der Waals surface area contributed by atoms with E-state index in [2.05, 4.69) is 12.1 Å². The van der Waals surface area contributed by atoms with Crippen molar-refractivity contribution in [2.24, 2.45) is 0 Å². The van der Waals surface area contributed by atoms with E-state index < -0.39 is 4.87 Å². The van der Waals surface area contributed by atoms with Crippen LogP contribution >= 0.6 is 11.6 Å². The summed E-state index contributed by atoms with van der Waals surface area (Å²) >= 11 is 6.61. The van der Waals surface area contributed by atoms with Gasteiger partial charge in [-0.3, -0.25) is 0 Å². The molecule has 0 amide bonds. The minimum atomic E-state index is -0.880. The highest BCUT2D eigenvalue weighted by Crippen LogP contribution is 2.56. The van der Waals surface area contributed by atoms with Crippen LogP contribution in [0.25, 0.3) is 0 Å². The normalized spacial score (nSPS) is 27.1. The first-order chi connectivity index (χ1) is 9.64. The zero-order chi connectivity index (χ0) is 14.3. The second-order valence-corrected chi connectivity index (χ2v) is 5.94. The number of fused-ring (bicyclic) bond motifs is 3. The Bertz CT molecular complexity index is 632. The van der Waals surface area contributed by atoms with E-state index in [9.17, 15) is 5.26 Å². The van der Waals surface area contributed by atoms with Gasteiger partial charge in [0.2, 0.25) is 0 Å². The van der Waals surface area contributed by atoms with Gasteiger partial charge in [-0.1, -0.05) is 11.6 Å². The summed E-state index contributed by atoms with van der Waals surface area (Å²) in [5.74, 6) is 1.53. The van der Waals surface area contributed by atoms with Gasteiger partial charge in [-0.25, -0.2) is 0 Å². The maximum Gasteiger partial charge on any atom is 0.142 e. The van der Waals surface area contributed by atoms with Gasteiger partial charge in [0.25, 0.3) is 0 Å². The van der Waals surface area contributed by atoms with E-state index in [4.69, 9.17) is 21.1 Å². The zero-order valence-electron chi connectivity index (χ0n) is 11.6. The van der Waals surface area contributed by atoms with Crippen LogP contribution in [0, 0.1) is 11.3 Å². The van der Waals surface area contributed by atoms with Crippen LogP contribution in [0.15, 0.2) is 23.8 Å². The summed E-state index contributed by atoms with van der Waals surface area (Å²) in [4.78, 5) is -0.880. The van der Waals surface area contributed by atoms with Crippen LogP contribution in [0.2, 0.25) is 0 Å². The van der Waals surface area contributed by atoms with Crippen molar-refractivity contribution in [3.8, 4) is 17.6 Å². The fraction of sp³-hybridized carbons (Fsp3) is 0.438. The van der Waals surface area contributed by atoms with E-state index in [1.807, 2.05) is 12.1 Å². The van der Waals surface area contributed by atoms with E-state index in [1.165, 1.54) is 5.57 Å². The smallest absolute Gasteiger partial charge is 0.142 e. The van der Waals surface area contributed by atoms with Gasteiger partial charge < -0.3 is 9.47 Å². The molecule has 0 aliphatic heterocycles. The Morgan fingerprint density at radius 3 is 2.65 bits per heavy atom. The Morgan fingerprint density at radius 1 is 1.30 bits per heavy atom.